The Morgan fingerprint density at radius 1 is 1.00 bits per heavy atom. The van der Waals surface area contributed by atoms with Crippen LogP contribution in [0.25, 0.3) is 11.8 Å². The van der Waals surface area contributed by atoms with E-state index in [-0.39, 0.29) is 5.91 Å². The maximum absolute atomic E-state index is 13.3. The Kier molecular flexibility index (Phi) is 7.66. The molecule has 0 N–H and O–H groups in total. The molecule has 1 amide bonds. The molecule has 35 heavy (non-hydrogen) atoms. The summed E-state index contributed by atoms with van der Waals surface area (Å²) in [7, 11) is 1.66. The Morgan fingerprint density at radius 2 is 1.69 bits per heavy atom. The first-order chi connectivity index (χ1) is 16.9. The Hall–Kier alpha value is -3.45. The third-order valence-corrected chi connectivity index (χ3v) is 6.80. The summed E-state index contributed by atoms with van der Waals surface area (Å²) in [6, 6.07) is 17.7. The molecular weight excluding hydrogens is 458 g/mol. The second-order valence-electron chi connectivity index (χ2n) is 8.25. The maximum atomic E-state index is 13.3. The quantitative estimate of drug-likeness (QED) is 0.338. The number of carbonyl (C=O) groups excluding carboxylic acids is 1. The number of thioether (sulfide) groups is 1. The summed E-state index contributed by atoms with van der Waals surface area (Å²) in [6.07, 6.45) is 2.84. The Balaban J connectivity index is 1.65. The summed E-state index contributed by atoms with van der Waals surface area (Å²) in [5, 5.41) is 0.705. The van der Waals surface area contributed by atoms with Crippen molar-refractivity contribution in [1.29, 1.82) is 0 Å². The van der Waals surface area contributed by atoms with E-state index in [0.717, 1.165) is 46.2 Å². The third-order valence-electron chi connectivity index (χ3n) is 5.80. The fourth-order valence-corrected chi connectivity index (χ4v) is 5.13. The van der Waals surface area contributed by atoms with Gasteiger partial charge in [-0.25, -0.2) is 4.99 Å². The Morgan fingerprint density at radius 3 is 2.31 bits per heavy atom. The molecule has 3 aromatic rings. The second-order valence-corrected chi connectivity index (χ2v) is 9.26. The number of methoxy groups -OCH3 is 1. The SMILES string of the molecule is CCCN1C(=O)/C(=C\c2cc(C)n(-c3ccc(OC)cc3)c2C)SC1=Nc1ccc(OCC)cc1. The highest BCUT2D eigenvalue weighted by Crippen LogP contribution is 2.36. The van der Waals surface area contributed by atoms with E-state index in [0.29, 0.717) is 23.2 Å². The minimum atomic E-state index is -0.00390. The van der Waals surface area contributed by atoms with Crippen molar-refractivity contribution in [2.45, 2.75) is 34.1 Å². The molecule has 0 atom stereocenters. The van der Waals surface area contributed by atoms with E-state index in [1.807, 2.05) is 61.5 Å². The van der Waals surface area contributed by atoms with Gasteiger partial charge in [-0.15, -0.1) is 0 Å². The van der Waals surface area contributed by atoms with Gasteiger partial charge in [-0.3, -0.25) is 9.69 Å². The van der Waals surface area contributed by atoms with Crippen molar-refractivity contribution in [3.8, 4) is 17.2 Å². The lowest BCUT2D eigenvalue weighted by Crippen LogP contribution is -2.29. The van der Waals surface area contributed by atoms with Gasteiger partial charge in [0.1, 0.15) is 11.5 Å². The number of amides is 1. The van der Waals surface area contributed by atoms with Crippen molar-refractivity contribution >= 4 is 34.6 Å². The van der Waals surface area contributed by atoms with Gasteiger partial charge in [0, 0.05) is 23.6 Å². The Labute approximate surface area is 211 Å². The van der Waals surface area contributed by atoms with Crippen molar-refractivity contribution in [2.75, 3.05) is 20.3 Å². The van der Waals surface area contributed by atoms with Crippen LogP contribution in [0, 0.1) is 13.8 Å². The summed E-state index contributed by atoms with van der Waals surface area (Å²) in [5.41, 5.74) is 5.05. The smallest absolute Gasteiger partial charge is 0.266 e. The molecule has 0 unspecified atom stereocenters. The molecule has 0 bridgehead atoms. The van der Waals surface area contributed by atoms with Crippen molar-refractivity contribution in [3.05, 3.63) is 76.5 Å². The van der Waals surface area contributed by atoms with E-state index in [9.17, 15) is 4.79 Å². The van der Waals surface area contributed by atoms with Crippen LogP contribution in [0.15, 0.2) is 64.5 Å². The number of rotatable bonds is 8. The van der Waals surface area contributed by atoms with E-state index in [2.05, 4.69) is 31.4 Å². The zero-order chi connectivity index (χ0) is 24.9. The fraction of sp³-hybridized carbons (Fsp3) is 0.286. The lowest BCUT2D eigenvalue weighted by Gasteiger charge is -2.14. The van der Waals surface area contributed by atoms with Crippen LogP contribution in [0.3, 0.4) is 0 Å². The molecule has 0 spiro atoms. The molecule has 1 aliphatic rings. The molecule has 4 rings (SSSR count). The summed E-state index contributed by atoms with van der Waals surface area (Å²) in [4.78, 5) is 20.5. The number of aryl methyl sites for hydroxylation is 1. The molecule has 1 aromatic heterocycles. The number of ether oxygens (including phenoxy) is 2. The lowest BCUT2D eigenvalue weighted by atomic mass is 10.2. The molecule has 0 radical (unpaired) electrons. The van der Waals surface area contributed by atoms with Crippen LogP contribution >= 0.6 is 11.8 Å². The highest BCUT2D eigenvalue weighted by molar-refractivity contribution is 8.18. The Bertz CT molecular complexity index is 1260. The largest absolute Gasteiger partial charge is 0.497 e. The summed E-state index contributed by atoms with van der Waals surface area (Å²) < 4.78 is 13.0. The van der Waals surface area contributed by atoms with Gasteiger partial charge in [0.15, 0.2) is 5.17 Å². The van der Waals surface area contributed by atoms with Gasteiger partial charge in [-0.1, -0.05) is 6.92 Å². The van der Waals surface area contributed by atoms with Gasteiger partial charge in [0.05, 0.1) is 24.3 Å². The molecule has 2 heterocycles. The second kappa shape index (κ2) is 10.9. The van der Waals surface area contributed by atoms with Gasteiger partial charge in [0.25, 0.3) is 5.91 Å². The number of nitrogens with zero attached hydrogens (tertiary/aromatic N) is 3. The van der Waals surface area contributed by atoms with E-state index < -0.39 is 0 Å². The van der Waals surface area contributed by atoms with Crippen molar-refractivity contribution in [2.24, 2.45) is 4.99 Å². The first-order valence-electron chi connectivity index (χ1n) is 11.8. The predicted molar refractivity (Wildman–Crippen MR) is 144 cm³/mol. The number of hydrogen-bond acceptors (Lipinski definition) is 5. The van der Waals surface area contributed by atoms with Crippen molar-refractivity contribution in [1.82, 2.24) is 9.47 Å². The normalized spacial score (nSPS) is 15.9. The van der Waals surface area contributed by atoms with Crippen LogP contribution in [-0.4, -0.2) is 40.8 Å². The monoisotopic (exact) mass is 489 g/mol. The fourth-order valence-electron chi connectivity index (χ4n) is 4.11. The number of amidine groups is 1. The summed E-state index contributed by atoms with van der Waals surface area (Å²) >= 11 is 1.43. The molecule has 2 aromatic carbocycles. The average molecular weight is 490 g/mol. The zero-order valence-electron chi connectivity index (χ0n) is 20.9. The summed E-state index contributed by atoms with van der Waals surface area (Å²) in [6.45, 7) is 9.42. The first-order valence-corrected chi connectivity index (χ1v) is 12.6. The van der Waals surface area contributed by atoms with Gasteiger partial charge >= 0.3 is 0 Å². The highest BCUT2D eigenvalue weighted by Gasteiger charge is 2.33. The van der Waals surface area contributed by atoms with Crippen LogP contribution < -0.4 is 9.47 Å². The van der Waals surface area contributed by atoms with Crippen LogP contribution in [0.1, 0.15) is 37.2 Å². The van der Waals surface area contributed by atoms with Gasteiger partial charge < -0.3 is 14.0 Å². The standard InChI is InChI=1S/C28H31N3O3S/c1-6-16-30-27(32)26(35-28(30)29-22-8-12-25(13-9-22)34-7-2)18-21-17-19(3)31(20(21)4)23-10-14-24(33-5)15-11-23/h8-15,17-18H,6-7,16H2,1-5H3/b26-18+,29-28?. The van der Waals surface area contributed by atoms with E-state index >= 15 is 0 Å². The number of carbonyl (C=O) groups is 1. The highest BCUT2D eigenvalue weighted by atomic mass is 32.2. The molecule has 0 aliphatic carbocycles. The minimum Gasteiger partial charge on any atom is -0.497 e. The zero-order valence-corrected chi connectivity index (χ0v) is 21.7. The van der Waals surface area contributed by atoms with Gasteiger partial charge in [-0.2, -0.15) is 0 Å². The predicted octanol–water partition coefficient (Wildman–Crippen LogP) is 6.52. The van der Waals surface area contributed by atoms with E-state index in [1.165, 1.54) is 11.8 Å². The van der Waals surface area contributed by atoms with Crippen molar-refractivity contribution in [3.63, 3.8) is 0 Å². The summed E-state index contributed by atoms with van der Waals surface area (Å²) in [5.74, 6) is 1.63. The lowest BCUT2D eigenvalue weighted by molar-refractivity contribution is -0.122. The van der Waals surface area contributed by atoms with Gasteiger partial charge in [-0.05, 0) is 105 Å². The van der Waals surface area contributed by atoms with Crippen molar-refractivity contribution < 1.29 is 14.3 Å². The first kappa shape index (κ1) is 24.7. The molecule has 182 valence electrons. The number of benzene rings is 2. The van der Waals surface area contributed by atoms with Crippen LogP contribution in [0.2, 0.25) is 0 Å². The van der Waals surface area contributed by atoms with E-state index in [4.69, 9.17) is 14.5 Å². The molecule has 1 saturated heterocycles. The van der Waals surface area contributed by atoms with E-state index in [1.54, 1.807) is 12.0 Å². The molecule has 1 aliphatic heterocycles. The number of aromatic nitrogens is 1. The molecule has 0 saturated carbocycles. The maximum Gasteiger partial charge on any atom is 0.266 e. The molecule has 7 heteroatoms. The third kappa shape index (κ3) is 5.30. The minimum absolute atomic E-state index is 0.00390. The average Bonchev–Trinajstić information content (AvgIpc) is 3.30. The van der Waals surface area contributed by atoms with Gasteiger partial charge in [0.2, 0.25) is 0 Å². The number of hydrogen-bond donors (Lipinski definition) is 0. The molecular formula is C28H31N3O3S. The van der Waals surface area contributed by atoms with Crippen LogP contribution in [-0.2, 0) is 4.79 Å². The van der Waals surface area contributed by atoms with Crippen LogP contribution in [0.4, 0.5) is 5.69 Å². The molecule has 6 nitrogen and oxygen atoms in total. The van der Waals surface area contributed by atoms with Crippen LogP contribution in [0.5, 0.6) is 11.5 Å². The number of aliphatic imine (C=N–C) groups is 1. The molecule has 1 fully saturated rings. The topological polar surface area (TPSA) is 56.1 Å².